The second-order valence-electron chi connectivity index (χ2n) is 6.98. The van der Waals surface area contributed by atoms with E-state index in [0.29, 0.717) is 41.8 Å². The second kappa shape index (κ2) is 12.6. The van der Waals surface area contributed by atoms with Gasteiger partial charge in [-0.1, -0.05) is 28.1 Å². The normalized spacial score (nSPS) is 10.7. The van der Waals surface area contributed by atoms with Gasteiger partial charge in [0.1, 0.15) is 18.1 Å². The first kappa shape index (κ1) is 25.8. The summed E-state index contributed by atoms with van der Waals surface area (Å²) in [6.07, 6.45) is 1.55. The monoisotopic (exact) mass is 638 g/mol. The summed E-state index contributed by atoms with van der Waals surface area (Å²) in [5.41, 5.74) is 4.70. The van der Waals surface area contributed by atoms with Crippen LogP contribution >= 0.6 is 38.5 Å². The fourth-order valence-corrected chi connectivity index (χ4v) is 4.02. The minimum atomic E-state index is -0.386. The molecule has 178 valence electrons. The van der Waals surface area contributed by atoms with Crippen LogP contribution in [0.15, 0.2) is 64.2 Å². The molecule has 3 aromatic carbocycles. The van der Waals surface area contributed by atoms with Crippen LogP contribution in [0.4, 0.5) is 0 Å². The number of amides is 1. The first-order valence-corrected chi connectivity index (χ1v) is 12.2. The lowest BCUT2D eigenvalue weighted by molar-refractivity contribution is 0.0954. The Balaban J connectivity index is 1.73. The highest BCUT2D eigenvalue weighted by Gasteiger charge is 2.13. The van der Waals surface area contributed by atoms with Crippen LogP contribution in [0.25, 0.3) is 0 Å². The van der Waals surface area contributed by atoms with Gasteiger partial charge in [-0.15, -0.1) is 0 Å². The molecule has 0 saturated carbocycles. The molecule has 9 heteroatoms. The molecule has 0 atom stereocenters. The van der Waals surface area contributed by atoms with E-state index >= 15 is 0 Å². The van der Waals surface area contributed by atoms with Gasteiger partial charge in [0, 0.05) is 16.1 Å². The zero-order chi connectivity index (χ0) is 24.5. The van der Waals surface area contributed by atoms with Crippen LogP contribution in [0.2, 0.25) is 0 Å². The number of hydrogen-bond donors (Lipinski definition) is 1. The predicted molar refractivity (Wildman–Crippen MR) is 143 cm³/mol. The molecule has 0 spiro atoms. The maximum atomic E-state index is 12.5. The fourth-order valence-electron chi connectivity index (χ4n) is 2.97. The Hall–Kier alpha value is -2.79. The van der Waals surface area contributed by atoms with E-state index in [2.05, 4.69) is 49.0 Å². The first-order chi connectivity index (χ1) is 16.4. The lowest BCUT2D eigenvalue weighted by atomic mass is 10.2. The zero-order valence-electron chi connectivity index (χ0n) is 18.9. The summed E-state index contributed by atoms with van der Waals surface area (Å²) in [7, 11) is 3.05. The molecule has 1 N–H and O–H groups in total. The Morgan fingerprint density at radius 1 is 1.03 bits per heavy atom. The predicted octanol–water partition coefficient (Wildman–Crippen LogP) is 5.81. The van der Waals surface area contributed by atoms with E-state index in [0.717, 1.165) is 19.2 Å². The van der Waals surface area contributed by atoms with Crippen molar-refractivity contribution in [3.05, 3.63) is 79.3 Å². The molecule has 0 radical (unpaired) electrons. The van der Waals surface area contributed by atoms with Crippen LogP contribution in [0.1, 0.15) is 28.4 Å². The molecule has 0 aliphatic heterocycles. The number of methoxy groups -OCH3 is 2. The molecule has 0 saturated heterocycles. The van der Waals surface area contributed by atoms with Gasteiger partial charge in [-0.3, -0.25) is 4.79 Å². The number of nitrogens with one attached hydrogen (secondary N) is 1. The molecule has 7 nitrogen and oxygen atoms in total. The Labute approximate surface area is 220 Å². The zero-order valence-corrected chi connectivity index (χ0v) is 22.7. The number of carbonyl (C=O) groups is 1. The van der Waals surface area contributed by atoms with Crippen molar-refractivity contribution < 1.29 is 23.7 Å². The number of benzene rings is 3. The van der Waals surface area contributed by atoms with Crippen molar-refractivity contribution in [1.29, 1.82) is 0 Å². The molecule has 0 aliphatic carbocycles. The molecule has 0 heterocycles. The first-order valence-electron chi connectivity index (χ1n) is 10.3. The topological polar surface area (TPSA) is 78.4 Å². The average Bonchev–Trinajstić information content (AvgIpc) is 2.84. The largest absolute Gasteiger partial charge is 0.497 e. The summed E-state index contributed by atoms with van der Waals surface area (Å²) in [6.45, 7) is 2.81. The number of ether oxygens (including phenoxy) is 4. The van der Waals surface area contributed by atoms with E-state index in [-0.39, 0.29) is 5.91 Å². The van der Waals surface area contributed by atoms with Crippen LogP contribution < -0.4 is 24.4 Å². The van der Waals surface area contributed by atoms with Gasteiger partial charge in [0.2, 0.25) is 0 Å². The lowest BCUT2D eigenvalue weighted by Crippen LogP contribution is -2.17. The van der Waals surface area contributed by atoms with Crippen molar-refractivity contribution in [3.63, 3.8) is 0 Å². The molecule has 0 unspecified atom stereocenters. The third-order valence-corrected chi connectivity index (χ3v) is 5.95. The van der Waals surface area contributed by atoms with E-state index in [4.69, 9.17) is 18.9 Å². The van der Waals surface area contributed by atoms with Crippen LogP contribution in [-0.4, -0.2) is 32.9 Å². The Morgan fingerprint density at radius 2 is 1.71 bits per heavy atom. The van der Waals surface area contributed by atoms with E-state index in [1.54, 1.807) is 24.4 Å². The summed E-state index contributed by atoms with van der Waals surface area (Å²) in [5, 5.41) is 4.09. The Bertz CT molecular complexity index is 1150. The van der Waals surface area contributed by atoms with E-state index in [1.165, 1.54) is 14.2 Å². The van der Waals surface area contributed by atoms with Crippen LogP contribution in [0, 0.1) is 3.57 Å². The van der Waals surface area contributed by atoms with Gasteiger partial charge in [-0.2, -0.15) is 5.10 Å². The highest BCUT2D eigenvalue weighted by molar-refractivity contribution is 14.1. The molecule has 34 heavy (non-hydrogen) atoms. The van der Waals surface area contributed by atoms with E-state index < -0.39 is 0 Å². The minimum absolute atomic E-state index is 0.370. The van der Waals surface area contributed by atoms with Gasteiger partial charge < -0.3 is 18.9 Å². The quantitative estimate of drug-likeness (QED) is 0.172. The fraction of sp³-hybridized carbons (Fsp3) is 0.200. The average molecular weight is 639 g/mol. The maximum absolute atomic E-state index is 12.5. The maximum Gasteiger partial charge on any atom is 0.271 e. The third-order valence-electron chi connectivity index (χ3n) is 4.62. The van der Waals surface area contributed by atoms with Gasteiger partial charge in [0.05, 0.1) is 30.6 Å². The Morgan fingerprint density at radius 3 is 2.32 bits per heavy atom. The van der Waals surface area contributed by atoms with Crippen molar-refractivity contribution in [1.82, 2.24) is 5.43 Å². The van der Waals surface area contributed by atoms with E-state index in [9.17, 15) is 4.79 Å². The highest BCUT2D eigenvalue weighted by Crippen LogP contribution is 2.34. The molecular formula is C25H24BrIN2O5. The summed E-state index contributed by atoms with van der Waals surface area (Å²) in [4.78, 5) is 12.5. The molecule has 3 aromatic rings. The highest BCUT2D eigenvalue weighted by atomic mass is 127. The van der Waals surface area contributed by atoms with Crippen molar-refractivity contribution in [3.8, 4) is 23.0 Å². The van der Waals surface area contributed by atoms with Crippen molar-refractivity contribution in [2.45, 2.75) is 13.5 Å². The Kier molecular flexibility index (Phi) is 9.58. The standard InChI is InChI=1S/C25H24BrIN2O5/c1-4-33-23-10-17(9-22(27)24(23)34-15-16-5-7-19(26)8-6-16)14-28-29-25(30)18-11-20(31-2)13-21(12-18)32-3/h5-14H,4,15H2,1-3H3,(H,29,30)/b28-14-. The van der Waals surface area contributed by atoms with Crippen molar-refractivity contribution in [2.75, 3.05) is 20.8 Å². The van der Waals surface area contributed by atoms with Crippen molar-refractivity contribution >= 4 is 50.6 Å². The molecular weight excluding hydrogens is 615 g/mol. The number of rotatable bonds is 10. The molecule has 3 rings (SSSR count). The van der Waals surface area contributed by atoms with Crippen LogP contribution in [0.3, 0.4) is 0 Å². The van der Waals surface area contributed by atoms with Gasteiger partial charge in [-0.05, 0) is 77.0 Å². The smallest absolute Gasteiger partial charge is 0.271 e. The van der Waals surface area contributed by atoms with E-state index in [1.807, 2.05) is 43.3 Å². The molecule has 0 fully saturated rings. The second-order valence-corrected chi connectivity index (χ2v) is 9.06. The lowest BCUT2D eigenvalue weighted by Gasteiger charge is -2.15. The summed E-state index contributed by atoms with van der Waals surface area (Å²) in [6, 6.07) is 16.6. The molecule has 1 amide bonds. The number of carbonyl (C=O) groups excluding carboxylic acids is 1. The third kappa shape index (κ3) is 7.10. The van der Waals surface area contributed by atoms with Crippen LogP contribution in [0.5, 0.6) is 23.0 Å². The van der Waals surface area contributed by atoms with Gasteiger partial charge in [-0.25, -0.2) is 5.43 Å². The number of hydrazone groups is 1. The summed E-state index contributed by atoms with van der Waals surface area (Å²) in [5.74, 6) is 1.92. The number of hydrogen-bond acceptors (Lipinski definition) is 6. The van der Waals surface area contributed by atoms with Gasteiger partial charge in [0.15, 0.2) is 11.5 Å². The molecule has 0 bridgehead atoms. The minimum Gasteiger partial charge on any atom is -0.497 e. The van der Waals surface area contributed by atoms with Crippen LogP contribution in [-0.2, 0) is 6.61 Å². The van der Waals surface area contributed by atoms with Gasteiger partial charge >= 0.3 is 0 Å². The number of nitrogens with zero attached hydrogens (tertiary/aromatic N) is 1. The molecule has 0 aliphatic rings. The molecule has 0 aromatic heterocycles. The number of halogens is 2. The van der Waals surface area contributed by atoms with Crippen molar-refractivity contribution in [2.24, 2.45) is 5.10 Å². The SMILES string of the molecule is CCOc1cc(/C=N\NC(=O)c2cc(OC)cc(OC)c2)cc(I)c1OCc1ccc(Br)cc1. The summed E-state index contributed by atoms with van der Waals surface area (Å²) >= 11 is 5.64. The van der Waals surface area contributed by atoms with Gasteiger partial charge in [0.25, 0.3) is 5.91 Å². The summed E-state index contributed by atoms with van der Waals surface area (Å²) < 4.78 is 24.2.